The molecule has 1 heterocycles. The number of H-pyrrole nitrogens is 1. The highest BCUT2D eigenvalue weighted by molar-refractivity contribution is 5.83. The fourth-order valence-electron chi connectivity index (χ4n) is 1.64. The van der Waals surface area contributed by atoms with Gasteiger partial charge in [0.05, 0.1) is 12.5 Å². The molecule has 0 unspecified atom stereocenters. The van der Waals surface area contributed by atoms with Gasteiger partial charge in [0.1, 0.15) is 0 Å². The van der Waals surface area contributed by atoms with Gasteiger partial charge < -0.3 is 10.7 Å². The molecule has 0 aliphatic heterocycles. The number of nitrogens with one attached hydrogen (secondary N) is 1. The lowest BCUT2D eigenvalue weighted by molar-refractivity contribution is 0.755. The lowest BCUT2D eigenvalue weighted by Gasteiger charge is -2.08. The maximum absolute atomic E-state index is 8.58. The van der Waals surface area contributed by atoms with E-state index in [1.807, 2.05) is 30.5 Å². The highest BCUT2D eigenvalue weighted by Gasteiger charge is 2.09. The van der Waals surface area contributed by atoms with Crippen LogP contribution >= 0.6 is 0 Å². The summed E-state index contributed by atoms with van der Waals surface area (Å²) in [5.41, 5.74) is 7.99. The smallest absolute Gasteiger partial charge is 0.0641 e. The minimum Gasteiger partial charge on any atom is -0.361 e. The largest absolute Gasteiger partial charge is 0.361 e. The minimum absolute atomic E-state index is 0.195. The third kappa shape index (κ3) is 1.36. The van der Waals surface area contributed by atoms with Crippen molar-refractivity contribution in [1.82, 2.24) is 4.98 Å². The molecular weight excluding hydrogens is 174 g/mol. The van der Waals surface area contributed by atoms with Gasteiger partial charge in [-0.05, 0) is 17.7 Å². The van der Waals surface area contributed by atoms with Crippen molar-refractivity contribution in [1.29, 1.82) is 5.26 Å². The van der Waals surface area contributed by atoms with Crippen LogP contribution in [0.2, 0.25) is 0 Å². The Hall–Kier alpha value is -1.79. The van der Waals surface area contributed by atoms with Crippen molar-refractivity contribution in [2.75, 3.05) is 0 Å². The Labute approximate surface area is 82.1 Å². The van der Waals surface area contributed by atoms with Crippen LogP contribution in [0.1, 0.15) is 18.0 Å². The number of aromatic amines is 1. The molecule has 0 amide bonds. The molecule has 3 heteroatoms. The van der Waals surface area contributed by atoms with Crippen LogP contribution in [0.5, 0.6) is 0 Å². The molecule has 0 fully saturated rings. The third-order valence-electron chi connectivity index (χ3n) is 2.34. The second kappa shape index (κ2) is 3.52. The zero-order chi connectivity index (χ0) is 9.97. The molecule has 1 atom stereocenters. The maximum atomic E-state index is 8.58. The van der Waals surface area contributed by atoms with Gasteiger partial charge in [-0.2, -0.15) is 5.26 Å². The Morgan fingerprint density at radius 1 is 1.43 bits per heavy atom. The molecule has 0 spiro atoms. The molecule has 3 N–H and O–H groups in total. The third-order valence-corrected chi connectivity index (χ3v) is 2.34. The molecule has 0 bridgehead atoms. The van der Waals surface area contributed by atoms with Crippen LogP contribution in [0.15, 0.2) is 30.5 Å². The summed E-state index contributed by atoms with van der Waals surface area (Å²) in [4.78, 5) is 3.12. The van der Waals surface area contributed by atoms with Gasteiger partial charge in [-0.15, -0.1) is 0 Å². The van der Waals surface area contributed by atoms with Gasteiger partial charge >= 0.3 is 0 Å². The van der Waals surface area contributed by atoms with Gasteiger partial charge in [-0.25, -0.2) is 0 Å². The molecule has 0 radical (unpaired) electrons. The van der Waals surface area contributed by atoms with E-state index in [9.17, 15) is 0 Å². The summed E-state index contributed by atoms with van der Waals surface area (Å²) in [6.45, 7) is 0. The summed E-state index contributed by atoms with van der Waals surface area (Å²) in [5.74, 6) is 0. The van der Waals surface area contributed by atoms with E-state index in [-0.39, 0.29) is 6.04 Å². The first-order valence-corrected chi connectivity index (χ1v) is 4.51. The molecule has 0 saturated carbocycles. The van der Waals surface area contributed by atoms with E-state index < -0.39 is 0 Å². The second-order valence-corrected chi connectivity index (χ2v) is 3.25. The van der Waals surface area contributed by atoms with Crippen LogP contribution < -0.4 is 5.73 Å². The van der Waals surface area contributed by atoms with E-state index in [1.165, 1.54) is 0 Å². The van der Waals surface area contributed by atoms with Crippen molar-refractivity contribution in [3.05, 3.63) is 36.0 Å². The molecule has 1 aromatic carbocycles. The molecule has 2 aromatic rings. The number of hydrogen-bond acceptors (Lipinski definition) is 2. The Balaban J connectivity index is 2.51. The first-order valence-electron chi connectivity index (χ1n) is 4.51. The van der Waals surface area contributed by atoms with E-state index in [4.69, 9.17) is 11.0 Å². The zero-order valence-corrected chi connectivity index (χ0v) is 7.70. The number of benzene rings is 1. The highest BCUT2D eigenvalue weighted by atomic mass is 14.7. The Bertz CT molecular complexity index is 478. The summed E-state index contributed by atoms with van der Waals surface area (Å²) >= 11 is 0. The second-order valence-electron chi connectivity index (χ2n) is 3.25. The number of fused-ring (bicyclic) bond motifs is 1. The van der Waals surface area contributed by atoms with Gasteiger partial charge in [0.15, 0.2) is 0 Å². The molecule has 0 aliphatic carbocycles. The van der Waals surface area contributed by atoms with Gasteiger partial charge in [0.25, 0.3) is 0 Å². The van der Waals surface area contributed by atoms with E-state index in [0.717, 1.165) is 16.5 Å². The van der Waals surface area contributed by atoms with E-state index in [1.54, 1.807) is 0 Å². The normalized spacial score (nSPS) is 12.6. The molecule has 2 rings (SSSR count). The van der Waals surface area contributed by atoms with Gasteiger partial charge in [0, 0.05) is 23.1 Å². The van der Waals surface area contributed by atoms with Crippen molar-refractivity contribution in [3.8, 4) is 6.07 Å². The summed E-state index contributed by atoms with van der Waals surface area (Å²) in [5, 5.41) is 9.69. The van der Waals surface area contributed by atoms with Gasteiger partial charge in [-0.1, -0.05) is 12.1 Å². The quantitative estimate of drug-likeness (QED) is 0.752. The molecule has 14 heavy (non-hydrogen) atoms. The summed E-state index contributed by atoms with van der Waals surface area (Å²) in [7, 11) is 0. The van der Waals surface area contributed by atoms with Crippen molar-refractivity contribution in [2.45, 2.75) is 12.5 Å². The predicted molar refractivity (Wildman–Crippen MR) is 55.5 cm³/mol. The Kier molecular flexibility index (Phi) is 2.21. The first kappa shape index (κ1) is 8.79. The highest BCUT2D eigenvalue weighted by Crippen LogP contribution is 2.23. The van der Waals surface area contributed by atoms with Crippen LogP contribution in [0.3, 0.4) is 0 Å². The summed E-state index contributed by atoms with van der Waals surface area (Å²) in [6, 6.07) is 9.80. The van der Waals surface area contributed by atoms with Gasteiger partial charge in [0.2, 0.25) is 0 Å². The topological polar surface area (TPSA) is 65.6 Å². The fraction of sp³-hybridized carbons (Fsp3) is 0.182. The Morgan fingerprint density at radius 2 is 2.29 bits per heavy atom. The first-order chi connectivity index (χ1) is 6.83. The van der Waals surface area contributed by atoms with Crippen LogP contribution in [0.25, 0.3) is 10.9 Å². The Morgan fingerprint density at radius 3 is 3.07 bits per heavy atom. The number of nitrogens with two attached hydrogens (primary N) is 1. The standard InChI is InChI=1S/C11H11N3/c12-6-4-10(13)8-2-1-3-11-9(8)5-7-14-11/h1-3,5,7,10,14H,4,13H2/t10-/m0/s1. The number of hydrogen-bond donors (Lipinski definition) is 2. The molecule has 70 valence electrons. The SMILES string of the molecule is N#CC[C@H](N)c1cccc2[nH]ccc12. The van der Waals surface area contributed by atoms with Crippen molar-refractivity contribution in [2.24, 2.45) is 5.73 Å². The lowest BCUT2D eigenvalue weighted by atomic mass is 10.0. The predicted octanol–water partition coefficient (Wildman–Crippen LogP) is 2.08. The lowest BCUT2D eigenvalue weighted by Crippen LogP contribution is -2.09. The van der Waals surface area contributed by atoms with E-state index in [2.05, 4.69) is 11.1 Å². The average molecular weight is 185 g/mol. The molecule has 1 aromatic heterocycles. The molecule has 0 saturated heterocycles. The number of nitrogens with zero attached hydrogens (tertiary/aromatic N) is 1. The number of rotatable bonds is 2. The van der Waals surface area contributed by atoms with Crippen LogP contribution in [-0.4, -0.2) is 4.98 Å². The van der Waals surface area contributed by atoms with Crippen LogP contribution in [0.4, 0.5) is 0 Å². The molecule has 3 nitrogen and oxygen atoms in total. The average Bonchev–Trinajstić information content (AvgIpc) is 2.65. The molecular formula is C11H11N3. The van der Waals surface area contributed by atoms with Gasteiger partial charge in [-0.3, -0.25) is 0 Å². The van der Waals surface area contributed by atoms with Crippen LogP contribution in [-0.2, 0) is 0 Å². The fourth-order valence-corrected chi connectivity index (χ4v) is 1.64. The van der Waals surface area contributed by atoms with Crippen molar-refractivity contribution >= 4 is 10.9 Å². The monoisotopic (exact) mass is 185 g/mol. The van der Waals surface area contributed by atoms with Crippen molar-refractivity contribution < 1.29 is 0 Å². The summed E-state index contributed by atoms with van der Waals surface area (Å²) < 4.78 is 0. The number of aromatic nitrogens is 1. The number of nitriles is 1. The minimum atomic E-state index is -0.195. The van der Waals surface area contributed by atoms with Crippen LogP contribution in [0, 0.1) is 11.3 Å². The van der Waals surface area contributed by atoms with E-state index >= 15 is 0 Å². The van der Waals surface area contributed by atoms with Crippen molar-refractivity contribution in [3.63, 3.8) is 0 Å². The zero-order valence-electron chi connectivity index (χ0n) is 7.70. The maximum Gasteiger partial charge on any atom is 0.0641 e. The van der Waals surface area contributed by atoms with E-state index in [0.29, 0.717) is 6.42 Å². The molecule has 0 aliphatic rings. The summed E-state index contributed by atoms with van der Waals surface area (Å²) in [6.07, 6.45) is 2.23.